The second kappa shape index (κ2) is 12.1. The fraction of sp³-hybridized carbons (Fsp3) is 0.419. The van der Waals surface area contributed by atoms with Gasteiger partial charge >= 0.3 is 11.4 Å². The molecule has 50 heavy (non-hydrogen) atoms. The monoisotopic (exact) mass is 795 g/mol. The van der Waals surface area contributed by atoms with Crippen LogP contribution in [0.2, 0.25) is 0 Å². The number of rotatable bonds is 8. The second-order valence-corrected chi connectivity index (χ2v) is 14.2. The van der Waals surface area contributed by atoms with Crippen molar-refractivity contribution in [3.05, 3.63) is 61.7 Å². The van der Waals surface area contributed by atoms with E-state index in [1.165, 1.54) is 45.3 Å². The van der Waals surface area contributed by atoms with Gasteiger partial charge in [0.25, 0.3) is 11.8 Å². The van der Waals surface area contributed by atoms with Crippen molar-refractivity contribution in [3.8, 4) is 17.2 Å². The number of methoxy groups -OCH3 is 2. The molecule has 0 radical (unpaired) electrons. The van der Waals surface area contributed by atoms with Gasteiger partial charge in [-0.1, -0.05) is 27.6 Å². The molecule has 3 fully saturated rings. The van der Waals surface area contributed by atoms with Gasteiger partial charge in [-0.2, -0.15) is 0 Å². The summed E-state index contributed by atoms with van der Waals surface area (Å²) in [5.41, 5.74) is -2.08. The van der Waals surface area contributed by atoms with E-state index in [0.717, 1.165) is 17.0 Å². The number of carbonyl (C=O) groups excluding carboxylic acids is 4. The van der Waals surface area contributed by atoms with Gasteiger partial charge in [0, 0.05) is 49.8 Å². The zero-order chi connectivity index (χ0) is 36.8. The normalized spacial score (nSPS) is 28.6. The van der Waals surface area contributed by atoms with E-state index < -0.39 is 84.0 Å². The summed E-state index contributed by atoms with van der Waals surface area (Å²) in [6, 6.07) is 4.55. The van der Waals surface area contributed by atoms with E-state index in [2.05, 4.69) is 15.9 Å². The fourth-order valence-electron chi connectivity index (χ4n) is 7.94. The minimum atomic E-state index is -2.25. The molecule has 0 bridgehead atoms. The zero-order valence-electron chi connectivity index (χ0n) is 26.7. The van der Waals surface area contributed by atoms with Gasteiger partial charge in [-0.3, -0.25) is 44.3 Å². The van der Waals surface area contributed by atoms with Crippen molar-refractivity contribution in [2.45, 2.75) is 28.5 Å². The number of nitro benzene ring substituents is 2. The molecule has 264 valence electrons. The van der Waals surface area contributed by atoms with E-state index in [4.69, 9.17) is 32.7 Å². The van der Waals surface area contributed by atoms with Gasteiger partial charge in [0.2, 0.25) is 11.8 Å². The zero-order valence-corrected chi connectivity index (χ0v) is 29.8. The summed E-state index contributed by atoms with van der Waals surface area (Å²) in [6.45, 7) is 0. The Morgan fingerprint density at radius 1 is 0.980 bits per heavy atom. The number of nitro groups is 2. The number of nitrogens with zero attached hydrogens (tertiary/aromatic N) is 5. The molecule has 2 heterocycles. The van der Waals surface area contributed by atoms with Gasteiger partial charge in [-0.05, 0) is 18.8 Å². The van der Waals surface area contributed by atoms with E-state index in [0.29, 0.717) is 10.5 Å². The first-order chi connectivity index (χ1) is 23.5. The lowest BCUT2D eigenvalue weighted by Crippen LogP contribution is -2.60. The Labute approximate surface area is 301 Å². The summed E-state index contributed by atoms with van der Waals surface area (Å²) in [4.78, 5) is 77.2. The highest BCUT2D eigenvalue weighted by molar-refractivity contribution is 9.09. The highest BCUT2D eigenvalue weighted by Crippen LogP contribution is 2.67. The lowest BCUT2D eigenvalue weighted by molar-refractivity contribution is -0.392. The molecule has 0 aromatic heterocycles. The number of likely N-dealkylation sites (tertiary alicyclic amines) is 1. The molecule has 6 unspecified atom stereocenters. The van der Waals surface area contributed by atoms with Gasteiger partial charge in [-0.15, -0.1) is 23.2 Å². The summed E-state index contributed by atoms with van der Waals surface area (Å²) in [6.07, 6.45) is 1.14. The minimum absolute atomic E-state index is 0.0144. The molecular weight excluding hydrogens is 769 g/mol. The SMILES string of the molecule is COc1cc(O)c(C2C3=CCC4C(=O)N(c5cc([N+](=O)[O-])c(N(C)C)c([N+](=O)[O-])c5)C(=O)C4C3CC3(Cl)C(=O)N(CBr)C(=O)C23Cl)c(OC)c1. The molecule has 6 atom stereocenters. The molecule has 2 aliphatic carbocycles. The molecule has 2 saturated heterocycles. The predicted octanol–water partition coefficient (Wildman–Crippen LogP) is 4.21. The van der Waals surface area contributed by atoms with E-state index in [9.17, 15) is 44.5 Å². The van der Waals surface area contributed by atoms with Crippen LogP contribution in [0.1, 0.15) is 24.3 Å². The first-order valence-electron chi connectivity index (χ1n) is 15.0. The highest BCUT2D eigenvalue weighted by atomic mass is 79.9. The Kier molecular flexibility index (Phi) is 8.55. The van der Waals surface area contributed by atoms with Crippen molar-refractivity contribution < 1.29 is 43.6 Å². The number of carbonyl (C=O) groups is 4. The van der Waals surface area contributed by atoms with Crippen molar-refractivity contribution in [1.82, 2.24) is 4.90 Å². The average molecular weight is 797 g/mol. The van der Waals surface area contributed by atoms with E-state index >= 15 is 0 Å². The topological polar surface area (TPSA) is 203 Å². The molecule has 4 aliphatic rings. The van der Waals surface area contributed by atoms with Gasteiger partial charge in [0.1, 0.15) is 17.2 Å². The van der Waals surface area contributed by atoms with Crippen LogP contribution >= 0.6 is 39.1 Å². The molecule has 6 rings (SSSR count). The quantitative estimate of drug-likeness (QED) is 0.0998. The van der Waals surface area contributed by atoms with Crippen LogP contribution in [0.15, 0.2) is 35.9 Å². The number of alkyl halides is 3. The number of fused-ring (bicyclic) bond motifs is 4. The van der Waals surface area contributed by atoms with Crippen molar-refractivity contribution in [1.29, 1.82) is 0 Å². The third-order valence-electron chi connectivity index (χ3n) is 10.0. The maximum Gasteiger partial charge on any atom is 0.301 e. The van der Waals surface area contributed by atoms with Crippen molar-refractivity contribution in [2.75, 3.05) is 43.6 Å². The molecule has 2 aliphatic heterocycles. The number of hydrogen-bond donors (Lipinski definition) is 1. The lowest BCUT2D eigenvalue weighted by atomic mass is 9.56. The van der Waals surface area contributed by atoms with Crippen LogP contribution in [0.3, 0.4) is 0 Å². The number of amides is 4. The minimum Gasteiger partial charge on any atom is -0.507 e. The Hall–Kier alpha value is -4.48. The van der Waals surface area contributed by atoms with Crippen molar-refractivity contribution >= 4 is 85.5 Å². The molecular formula is C31H28BrCl2N5O11. The number of halogens is 3. The molecule has 19 heteroatoms. The van der Waals surface area contributed by atoms with Gasteiger partial charge in [0.15, 0.2) is 15.4 Å². The molecule has 2 aromatic carbocycles. The van der Waals surface area contributed by atoms with Crippen LogP contribution in [-0.4, -0.2) is 87.0 Å². The number of aromatic hydroxyl groups is 1. The number of imide groups is 2. The van der Waals surface area contributed by atoms with Gasteiger partial charge in [0.05, 0.1) is 47.0 Å². The molecule has 16 nitrogen and oxygen atoms in total. The molecule has 0 spiro atoms. The molecule has 1 saturated carbocycles. The maximum atomic E-state index is 14.4. The number of phenolic OH excluding ortho intramolecular Hbond substituents is 1. The van der Waals surface area contributed by atoms with Gasteiger partial charge < -0.3 is 19.5 Å². The lowest BCUT2D eigenvalue weighted by Gasteiger charge is -2.51. The molecule has 1 N–H and O–H groups in total. The standard InChI is InChI=1S/C31H28BrCl2N5O11/c1-35(2)25-18(38(45)46)7-13(8-19(25)39(47)48)37-26(41)16-6-5-15-17(22(16)27(37)42)11-30(33)28(43)36(12-32)29(44)31(30,34)24(15)23-20(40)9-14(49-3)10-21(23)50-4/h5,7-10,16-17,22,24,40H,6,11-12H2,1-4H3. The van der Waals surface area contributed by atoms with Gasteiger partial charge in [-0.25, -0.2) is 4.90 Å². The first kappa shape index (κ1) is 35.3. The summed E-state index contributed by atoms with van der Waals surface area (Å²) >= 11 is 17.6. The number of ether oxygens (including phenoxy) is 2. The highest BCUT2D eigenvalue weighted by Gasteiger charge is 2.76. The number of hydrogen-bond acceptors (Lipinski definition) is 12. The number of phenols is 1. The van der Waals surface area contributed by atoms with Crippen molar-refractivity contribution in [2.24, 2.45) is 17.8 Å². The summed E-state index contributed by atoms with van der Waals surface area (Å²) < 4.78 is 10.9. The summed E-state index contributed by atoms with van der Waals surface area (Å²) in [7, 11) is 5.42. The summed E-state index contributed by atoms with van der Waals surface area (Å²) in [5.74, 6) is -8.26. The number of benzene rings is 2. The second-order valence-electron chi connectivity index (χ2n) is 12.5. The summed E-state index contributed by atoms with van der Waals surface area (Å²) in [5, 5.41) is 35.5. The Bertz CT molecular complexity index is 1920. The van der Waals surface area contributed by atoms with Crippen LogP contribution < -0.4 is 19.3 Å². The molecule has 4 amide bonds. The van der Waals surface area contributed by atoms with Crippen molar-refractivity contribution in [3.63, 3.8) is 0 Å². The predicted molar refractivity (Wildman–Crippen MR) is 181 cm³/mol. The fourth-order valence-corrected chi connectivity index (χ4v) is 9.35. The van der Waals surface area contributed by atoms with Crippen LogP contribution in [0.4, 0.5) is 22.7 Å². The van der Waals surface area contributed by atoms with Crippen LogP contribution in [0, 0.1) is 38.0 Å². The smallest absolute Gasteiger partial charge is 0.301 e. The van der Waals surface area contributed by atoms with Crippen LogP contribution in [0.5, 0.6) is 17.2 Å². The first-order valence-corrected chi connectivity index (χ1v) is 16.8. The maximum absolute atomic E-state index is 14.4. The van der Waals surface area contributed by atoms with E-state index in [1.54, 1.807) is 6.08 Å². The van der Waals surface area contributed by atoms with Crippen LogP contribution in [-0.2, 0) is 19.2 Å². The average Bonchev–Trinajstić information content (AvgIpc) is 3.41. The Morgan fingerprint density at radius 3 is 2.12 bits per heavy atom. The third kappa shape index (κ3) is 4.62. The Morgan fingerprint density at radius 2 is 1.60 bits per heavy atom. The molecule has 2 aromatic rings. The number of allylic oxidation sites excluding steroid dienone is 2. The number of anilines is 2. The van der Waals surface area contributed by atoms with E-state index in [-0.39, 0.29) is 46.7 Å². The van der Waals surface area contributed by atoms with E-state index in [1.807, 2.05) is 0 Å². The van der Waals surface area contributed by atoms with Crippen LogP contribution in [0.25, 0.3) is 0 Å². The largest absolute Gasteiger partial charge is 0.507 e. The Balaban J connectivity index is 1.55. The third-order valence-corrected chi connectivity index (χ3v) is 11.9.